The van der Waals surface area contributed by atoms with E-state index in [1.807, 2.05) is 35.8 Å². The van der Waals surface area contributed by atoms with Crippen molar-refractivity contribution in [1.29, 1.82) is 0 Å². The quantitative estimate of drug-likeness (QED) is 0.534. The molecule has 0 amide bonds. The van der Waals surface area contributed by atoms with E-state index in [4.69, 9.17) is 9.73 Å². The summed E-state index contributed by atoms with van der Waals surface area (Å²) in [6.45, 7) is 4.61. The van der Waals surface area contributed by atoms with Crippen LogP contribution in [0.15, 0.2) is 35.2 Å². The third-order valence-corrected chi connectivity index (χ3v) is 5.08. The fraction of sp³-hybridized carbons (Fsp3) is 0.412. The molecule has 0 unspecified atom stereocenters. The van der Waals surface area contributed by atoms with Crippen LogP contribution in [0, 0.1) is 6.92 Å². The normalized spacial score (nSPS) is 16.3. The number of aromatic nitrogens is 8. The number of likely N-dealkylation sites (tertiary alicyclic amines) is 1. The first-order valence-electron chi connectivity index (χ1n) is 9.01. The van der Waals surface area contributed by atoms with Crippen molar-refractivity contribution >= 4 is 5.65 Å². The second kappa shape index (κ2) is 6.54. The molecule has 4 aromatic rings. The van der Waals surface area contributed by atoms with E-state index in [0.717, 1.165) is 61.2 Å². The summed E-state index contributed by atoms with van der Waals surface area (Å²) in [7, 11) is 0. The highest BCUT2D eigenvalue weighted by Gasteiger charge is 2.26. The number of hydrogen-bond acceptors (Lipinski definition) is 8. The summed E-state index contributed by atoms with van der Waals surface area (Å²) in [5.41, 5.74) is 2.52. The maximum absolute atomic E-state index is 4.79. The molecule has 0 bridgehead atoms. The van der Waals surface area contributed by atoms with Crippen molar-refractivity contribution in [2.75, 3.05) is 13.1 Å². The predicted octanol–water partition coefficient (Wildman–Crippen LogP) is 1.38. The second-order valence-electron chi connectivity index (χ2n) is 6.82. The van der Waals surface area contributed by atoms with E-state index < -0.39 is 0 Å². The van der Waals surface area contributed by atoms with Crippen LogP contribution in [0.3, 0.4) is 0 Å². The third-order valence-electron chi connectivity index (χ3n) is 5.08. The van der Waals surface area contributed by atoms with Crippen LogP contribution in [0.2, 0.25) is 0 Å². The van der Waals surface area contributed by atoms with Crippen LogP contribution in [-0.4, -0.2) is 57.9 Å². The van der Waals surface area contributed by atoms with Gasteiger partial charge in [-0.1, -0.05) is 10.3 Å². The molecule has 0 atom stereocenters. The van der Waals surface area contributed by atoms with E-state index in [1.54, 1.807) is 10.9 Å². The molecule has 138 valence electrons. The molecule has 0 aliphatic carbocycles. The molecule has 5 rings (SSSR count). The molecule has 0 aromatic carbocycles. The Bertz CT molecular complexity index is 1040. The molecule has 4 aromatic heterocycles. The van der Waals surface area contributed by atoms with Gasteiger partial charge in [0.15, 0.2) is 17.3 Å². The Kier molecular flexibility index (Phi) is 3.89. The number of piperidine rings is 1. The topological polar surface area (TPSA) is 103 Å². The van der Waals surface area contributed by atoms with Crippen molar-refractivity contribution in [3.63, 3.8) is 0 Å². The van der Waals surface area contributed by atoms with Crippen molar-refractivity contribution in [2.45, 2.75) is 32.2 Å². The average molecular weight is 365 g/mol. The monoisotopic (exact) mass is 365 g/mol. The Morgan fingerprint density at radius 2 is 2.04 bits per heavy atom. The van der Waals surface area contributed by atoms with Gasteiger partial charge in [-0.3, -0.25) is 4.90 Å². The minimum Gasteiger partial charge on any atom is -0.297 e. The van der Waals surface area contributed by atoms with Gasteiger partial charge in [-0.05, 0) is 51.1 Å². The number of fused-ring (bicyclic) bond motifs is 1. The van der Waals surface area contributed by atoms with E-state index in [9.17, 15) is 0 Å². The zero-order valence-electron chi connectivity index (χ0n) is 14.9. The van der Waals surface area contributed by atoms with Crippen molar-refractivity contribution in [3.8, 4) is 5.82 Å². The lowest BCUT2D eigenvalue weighted by Crippen LogP contribution is -2.33. The first-order chi connectivity index (χ1) is 13.3. The average Bonchev–Trinajstić information content (AvgIpc) is 3.44. The highest BCUT2D eigenvalue weighted by molar-refractivity contribution is 5.39. The molecule has 5 heterocycles. The summed E-state index contributed by atoms with van der Waals surface area (Å²) < 4.78 is 8.38. The molecule has 1 saturated heterocycles. The van der Waals surface area contributed by atoms with Gasteiger partial charge in [0.2, 0.25) is 0 Å². The van der Waals surface area contributed by atoms with E-state index in [1.165, 1.54) is 0 Å². The molecule has 0 saturated carbocycles. The fourth-order valence-electron chi connectivity index (χ4n) is 3.53. The maximum atomic E-state index is 4.79. The summed E-state index contributed by atoms with van der Waals surface area (Å²) in [6.07, 6.45) is 5.61. The highest BCUT2D eigenvalue weighted by atomic mass is 16.6. The van der Waals surface area contributed by atoms with Gasteiger partial charge in [0, 0.05) is 24.9 Å². The van der Waals surface area contributed by atoms with Crippen molar-refractivity contribution in [2.24, 2.45) is 0 Å². The van der Waals surface area contributed by atoms with Gasteiger partial charge in [-0.2, -0.15) is 9.61 Å². The van der Waals surface area contributed by atoms with Gasteiger partial charge in [-0.25, -0.2) is 9.31 Å². The van der Waals surface area contributed by atoms with Crippen molar-refractivity contribution in [1.82, 2.24) is 44.8 Å². The van der Waals surface area contributed by atoms with Gasteiger partial charge in [0.05, 0.1) is 0 Å². The molecule has 1 fully saturated rings. The lowest BCUT2D eigenvalue weighted by molar-refractivity contribution is 0.194. The van der Waals surface area contributed by atoms with Crippen LogP contribution in [0.4, 0.5) is 0 Å². The summed E-state index contributed by atoms with van der Waals surface area (Å²) in [5, 5.41) is 25.5. The molecule has 0 spiro atoms. The van der Waals surface area contributed by atoms with Crippen LogP contribution in [-0.2, 0) is 6.54 Å². The molecule has 27 heavy (non-hydrogen) atoms. The summed E-state index contributed by atoms with van der Waals surface area (Å²) in [6, 6.07) is 5.70. The zero-order valence-corrected chi connectivity index (χ0v) is 14.9. The van der Waals surface area contributed by atoms with E-state index in [-0.39, 0.29) is 0 Å². The Hall–Kier alpha value is -3.14. The zero-order chi connectivity index (χ0) is 18.2. The first-order valence-corrected chi connectivity index (χ1v) is 9.01. The van der Waals surface area contributed by atoms with Gasteiger partial charge in [0.1, 0.15) is 11.4 Å². The number of hydrogen-bond donors (Lipinski definition) is 0. The van der Waals surface area contributed by atoms with Gasteiger partial charge < -0.3 is 0 Å². The molecule has 10 nitrogen and oxygen atoms in total. The Morgan fingerprint density at radius 1 is 1.15 bits per heavy atom. The molecular weight excluding hydrogens is 346 g/mol. The van der Waals surface area contributed by atoms with Crippen LogP contribution in [0.5, 0.6) is 0 Å². The Labute approximate surface area is 154 Å². The summed E-state index contributed by atoms with van der Waals surface area (Å²) >= 11 is 0. The number of aryl methyl sites for hydroxylation is 1. The smallest absolute Gasteiger partial charge is 0.178 e. The van der Waals surface area contributed by atoms with E-state index >= 15 is 0 Å². The van der Waals surface area contributed by atoms with Crippen LogP contribution >= 0.6 is 0 Å². The molecule has 1 aliphatic heterocycles. The SMILES string of the molecule is Cc1nonc1CN1CCC(c2nnc3ccc(-n4cccn4)nn23)CC1. The maximum Gasteiger partial charge on any atom is 0.178 e. The lowest BCUT2D eigenvalue weighted by Gasteiger charge is -2.30. The van der Waals surface area contributed by atoms with E-state index in [2.05, 4.69) is 30.5 Å². The molecule has 10 heteroatoms. The standard InChI is InChI=1S/C17H19N9O/c1-12-14(23-27-22-12)11-24-9-5-13(6-10-24)17-20-19-15-3-4-16(21-26(15)17)25-8-2-7-18-25/h2-4,7-8,13H,5-6,9-11H2,1H3. The van der Waals surface area contributed by atoms with Gasteiger partial charge in [0.25, 0.3) is 0 Å². The van der Waals surface area contributed by atoms with Gasteiger partial charge in [-0.15, -0.1) is 15.3 Å². The van der Waals surface area contributed by atoms with E-state index in [0.29, 0.717) is 5.92 Å². The molecule has 0 radical (unpaired) electrons. The summed E-state index contributed by atoms with van der Waals surface area (Å²) in [4.78, 5) is 2.37. The summed E-state index contributed by atoms with van der Waals surface area (Å²) in [5.74, 6) is 1.99. The van der Waals surface area contributed by atoms with Gasteiger partial charge >= 0.3 is 0 Å². The molecule has 1 aliphatic rings. The lowest BCUT2D eigenvalue weighted by atomic mass is 9.96. The number of nitrogens with zero attached hydrogens (tertiary/aromatic N) is 9. The van der Waals surface area contributed by atoms with Crippen LogP contribution in [0.25, 0.3) is 11.5 Å². The van der Waals surface area contributed by atoms with Crippen molar-refractivity contribution < 1.29 is 4.63 Å². The highest BCUT2D eigenvalue weighted by Crippen LogP contribution is 2.27. The minimum absolute atomic E-state index is 0.327. The fourth-order valence-corrected chi connectivity index (χ4v) is 3.53. The second-order valence-corrected chi connectivity index (χ2v) is 6.82. The Morgan fingerprint density at radius 3 is 2.78 bits per heavy atom. The Balaban J connectivity index is 1.34. The molecular formula is C17H19N9O. The minimum atomic E-state index is 0.327. The van der Waals surface area contributed by atoms with Crippen LogP contribution < -0.4 is 0 Å². The number of rotatable bonds is 4. The largest absolute Gasteiger partial charge is 0.297 e. The third kappa shape index (κ3) is 2.97. The van der Waals surface area contributed by atoms with Crippen LogP contribution in [0.1, 0.15) is 36.0 Å². The predicted molar refractivity (Wildman–Crippen MR) is 94.2 cm³/mol. The first kappa shape index (κ1) is 16.1. The molecule has 0 N–H and O–H groups in total. The van der Waals surface area contributed by atoms with Crippen molar-refractivity contribution in [3.05, 3.63) is 47.8 Å².